The third-order valence-electron chi connectivity index (χ3n) is 4.29. The van der Waals surface area contributed by atoms with Crippen molar-refractivity contribution in [1.82, 2.24) is 25.5 Å². The van der Waals surface area contributed by atoms with Crippen LogP contribution in [0.1, 0.15) is 15.9 Å². The Hall–Kier alpha value is -3.74. The number of carbonyl (C=O) groups excluding carboxylic acids is 1. The van der Waals surface area contributed by atoms with Crippen LogP contribution in [0.2, 0.25) is 0 Å². The molecule has 4 rings (SSSR count). The highest BCUT2D eigenvalue weighted by Gasteiger charge is 2.08. The van der Waals surface area contributed by atoms with Gasteiger partial charge in [0.1, 0.15) is 12.1 Å². The van der Waals surface area contributed by atoms with Gasteiger partial charge in [-0.3, -0.25) is 4.79 Å². The van der Waals surface area contributed by atoms with Crippen LogP contribution < -0.4 is 10.1 Å². The number of hydrogen-bond donors (Lipinski definition) is 1. The van der Waals surface area contributed by atoms with Crippen LogP contribution in [-0.2, 0) is 6.54 Å². The fourth-order valence-corrected chi connectivity index (χ4v) is 2.86. The van der Waals surface area contributed by atoms with Crippen LogP contribution in [0.3, 0.4) is 0 Å². The van der Waals surface area contributed by atoms with E-state index in [1.807, 2.05) is 36.4 Å². The van der Waals surface area contributed by atoms with E-state index < -0.39 is 0 Å². The number of amides is 1. The second kappa shape index (κ2) is 7.25. The first kappa shape index (κ1) is 16.7. The molecule has 1 amide bonds. The molecule has 0 bridgehead atoms. The molecule has 0 aliphatic carbocycles. The lowest BCUT2D eigenvalue weighted by Crippen LogP contribution is -2.22. The average Bonchev–Trinajstić information content (AvgIpc) is 3.26. The SMILES string of the molecule is COc1ccc2cc(CNC(=O)c3cccc(-n4cnnn4)c3)ccc2c1. The van der Waals surface area contributed by atoms with Crippen molar-refractivity contribution in [2.75, 3.05) is 7.11 Å². The van der Waals surface area contributed by atoms with Crippen molar-refractivity contribution in [3.05, 3.63) is 78.1 Å². The highest BCUT2D eigenvalue weighted by Crippen LogP contribution is 2.22. The van der Waals surface area contributed by atoms with E-state index in [4.69, 9.17) is 4.74 Å². The lowest BCUT2D eigenvalue weighted by atomic mass is 10.1. The van der Waals surface area contributed by atoms with Crippen molar-refractivity contribution >= 4 is 16.7 Å². The van der Waals surface area contributed by atoms with Gasteiger partial charge in [0.25, 0.3) is 5.91 Å². The van der Waals surface area contributed by atoms with E-state index in [9.17, 15) is 4.79 Å². The molecule has 7 nitrogen and oxygen atoms in total. The molecule has 27 heavy (non-hydrogen) atoms. The normalized spacial score (nSPS) is 10.7. The predicted molar refractivity (Wildman–Crippen MR) is 101 cm³/mol. The lowest BCUT2D eigenvalue weighted by molar-refractivity contribution is 0.0951. The molecule has 0 saturated heterocycles. The summed E-state index contributed by atoms with van der Waals surface area (Å²) in [5.74, 6) is 0.672. The molecule has 0 aliphatic heterocycles. The fraction of sp³-hybridized carbons (Fsp3) is 0.100. The number of rotatable bonds is 5. The van der Waals surface area contributed by atoms with Crippen molar-refractivity contribution in [2.45, 2.75) is 6.54 Å². The van der Waals surface area contributed by atoms with Gasteiger partial charge in [0.05, 0.1) is 12.8 Å². The first-order valence-corrected chi connectivity index (χ1v) is 8.41. The van der Waals surface area contributed by atoms with Crippen LogP contribution in [0.25, 0.3) is 16.5 Å². The molecule has 1 aromatic heterocycles. The first-order valence-electron chi connectivity index (χ1n) is 8.41. The molecule has 0 aliphatic rings. The minimum Gasteiger partial charge on any atom is -0.497 e. The van der Waals surface area contributed by atoms with Gasteiger partial charge in [-0.05, 0) is 63.2 Å². The molecular formula is C20H17N5O2. The number of methoxy groups -OCH3 is 1. The lowest BCUT2D eigenvalue weighted by Gasteiger charge is -2.08. The van der Waals surface area contributed by atoms with E-state index in [1.165, 1.54) is 11.0 Å². The van der Waals surface area contributed by atoms with E-state index in [-0.39, 0.29) is 5.91 Å². The molecule has 0 unspecified atom stereocenters. The van der Waals surface area contributed by atoms with Crippen molar-refractivity contribution in [1.29, 1.82) is 0 Å². The van der Waals surface area contributed by atoms with E-state index in [0.717, 1.165) is 27.8 Å². The Kier molecular flexibility index (Phi) is 4.49. The summed E-state index contributed by atoms with van der Waals surface area (Å²) in [6.45, 7) is 0.440. The maximum absolute atomic E-state index is 12.5. The number of tetrazole rings is 1. The summed E-state index contributed by atoms with van der Waals surface area (Å²) in [7, 11) is 1.65. The maximum Gasteiger partial charge on any atom is 0.251 e. The summed E-state index contributed by atoms with van der Waals surface area (Å²) in [5.41, 5.74) is 2.30. The van der Waals surface area contributed by atoms with Crippen LogP contribution in [-0.4, -0.2) is 33.2 Å². The third-order valence-corrected chi connectivity index (χ3v) is 4.29. The molecular weight excluding hydrogens is 342 g/mol. The van der Waals surface area contributed by atoms with Gasteiger partial charge in [-0.2, -0.15) is 0 Å². The topological polar surface area (TPSA) is 81.9 Å². The van der Waals surface area contributed by atoms with Gasteiger partial charge in [-0.1, -0.05) is 24.3 Å². The largest absolute Gasteiger partial charge is 0.497 e. The minimum atomic E-state index is -0.153. The van der Waals surface area contributed by atoms with Crippen molar-refractivity contribution in [2.24, 2.45) is 0 Å². The minimum absolute atomic E-state index is 0.153. The molecule has 0 radical (unpaired) electrons. The molecule has 0 spiro atoms. The molecule has 4 aromatic rings. The van der Waals surface area contributed by atoms with Gasteiger partial charge >= 0.3 is 0 Å². The predicted octanol–water partition coefficient (Wildman–Crippen LogP) is 2.75. The van der Waals surface area contributed by atoms with E-state index in [0.29, 0.717) is 12.1 Å². The number of aromatic nitrogens is 4. The van der Waals surface area contributed by atoms with Gasteiger partial charge in [-0.15, -0.1) is 5.10 Å². The molecule has 0 fully saturated rings. The highest BCUT2D eigenvalue weighted by molar-refractivity contribution is 5.94. The zero-order chi connectivity index (χ0) is 18.6. The molecule has 0 atom stereocenters. The van der Waals surface area contributed by atoms with Gasteiger partial charge in [-0.25, -0.2) is 4.68 Å². The number of ether oxygens (including phenoxy) is 1. The molecule has 1 N–H and O–H groups in total. The Bertz CT molecular complexity index is 1090. The second-order valence-electron chi connectivity index (χ2n) is 6.03. The van der Waals surface area contributed by atoms with E-state index in [1.54, 1.807) is 25.3 Å². The Balaban J connectivity index is 1.48. The van der Waals surface area contributed by atoms with Gasteiger partial charge in [0, 0.05) is 12.1 Å². The Morgan fingerprint density at radius 3 is 2.74 bits per heavy atom. The molecule has 134 valence electrons. The zero-order valence-corrected chi connectivity index (χ0v) is 14.7. The summed E-state index contributed by atoms with van der Waals surface area (Å²) in [5, 5.41) is 16.2. The maximum atomic E-state index is 12.5. The van der Waals surface area contributed by atoms with Crippen LogP contribution >= 0.6 is 0 Å². The second-order valence-corrected chi connectivity index (χ2v) is 6.03. The number of nitrogens with zero attached hydrogens (tertiary/aromatic N) is 4. The Morgan fingerprint density at radius 2 is 1.93 bits per heavy atom. The molecule has 0 saturated carbocycles. The number of hydrogen-bond acceptors (Lipinski definition) is 5. The number of nitrogens with one attached hydrogen (secondary N) is 1. The summed E-state index contributed by atoms with van der Waals surface area (Å²) < 4.78 is 6.75. The van der Waals surface area contributed by atoms with Gasteiger partial charge < -0.3 is 10.1 Å². The van der Waals surface area contributed by atoms with Crippen molar-refractivity contribution in [3.63, 3.8) is 0 Å². The average molecular weight is 359 g/mol. The Morgan fingerprint density at radius 1 is 1.07 bits per heavy atom. The standard InChI is InChI=1S/C20H17N5O2/c1-27-19-8-7-15-9-14(5-6-16(15)11-19)12-21-20(26)17-3-2-4-18(10-17)25-13-22-23-24-25/h2-11,13H,12H2,1H3,(H,21,26). The number of fused-ring (bicyclic) bond motifs is 1. The summed E-state index contributed by atoms with van der Waals surface area (Å²) >= 11 is 0. The quantitative estimate of drug-likeness (QED) is 0.592. The van der Waals surface area contributed by atoms with Crippen LogP contribution in [0.4, 0.5) is 0 Å². The first-order chi connectivity index (χ1) is 13.2. The number of carbonyl (C=O) groups is 1. The van der Waals surface area contributed by atoms with Crippen molar-refractivity contribution < 1.29 is 9.53 Å². The van der Waals surface area contributed by atoms with Crippen LogP contribution in [0.15, 0.2) is 67.0 Å². The van der Waals surface area contributed by atoms with E-state index >= 15 is 0 Å². The molecule has 1 heterocycles. The summed E-state index contributed by atoms with van der Waals surface area (Å²) in [6.07, 6.45) is 1.49. The van der Waals surface area contributed by atoms with Gasteiger partial charge in [0.15, 0.2) is 0 Å². The molecule has 3 aromatic carbocycles. The highest BCUT2D eigenvalue weighted by atomic mass is 16.5. The van der Waals surface area contributed by atoms with Gasteiger partial charge in [0.2, 0.25) is 0 Å². The summed E-state index contributed by atoms with van der Waals surface area (Å²) in [6, 6.07) is 19.2. The third kappa shape index (κ3) is 3.62. The fourth-order valence-electron chi connectivity index (χ4n) is 2.86. The summed E-state index contributed by atoms with van der Waals surface area (Å²) in [4.78, 5) is 12.5. The smallest absolute Gasteiger partial charge is 0.251 e. The molecule has 7 heteroatoms. The number of benzene rings is 3. The monoisotopic (exact) mass is 359 g/mol. The van der Waals surface area contributed by atoms with E-state index in [2.05, 4.69) is 26.9 Å². The van der Waals surface area contributed by atoms with Crippen LogP contribution in [0, 0.1) is 0 Å². The van der Waals surface area contributed by atoms with Crippen LogP contribution in [0.5, 0.6) is 5.75 Å². The Labute approximate surface area is 155 Å². The zero-order valence-electron chi connectivity index (χ0n) is 14.7. The van der Waals surface area contributed by atoms with Crippen molar-refractivity contribution in [3.8, 4) is 11.4 Å².